The molecule has 0 amide bonds. The molecule has 0 fully saturated rings. The molecule has 31 heavy (non-hydrogen) atoms. The number of carboxylic acid groups (broad SMARTS) is 2. The second-order valence-electron chi connectivity index (χ2n) is 7.88. The largest absolute Gasteiger partial charge is 2.00 e. The summed E-state index contributed by atoms with van der Waals surface area (Å²) < 4.78 is 0. The van der Waals surface area contributed by atoms with Crippen LogP contribution in [0.3, 0.4) is 0 Å². The van der Waals surface area contributed by atoms with Crippen molar-refractivity contribution < 1.29 is 39.3 Å². The number of carboxylic acids is 2. The fourth-order valence-corrected chi connectivity index (χ4v) is 2.93. The van der Waals surface area contributed by atoms with Gasteiger partial charge in [0.15, 0.2) is 0 Å². The Morgan fingerprint density at radius 2 is 0.806 bits per heavy atom. The van der Waals surface area contributed by atoms with Crippen LogP contribution in [-0.2, 0) is 29.1 Å². The monoisotopic (exact) mass is 486 g/mol. The average molecular weight is 488 g/mol. The third-order valence-corrected chi connectivity index (χ3v) is 4.79. The van der Waals surface area contributed by atoms with Crippen LogP contribution in [0.1, 0.15) is 129 Å². The molecular weight excluding hydrogens is 442 g/mol. The van der Waals surface area contributed by atoms with E-state index in [1.807, 2.05) is 0 Å². The van der Waals surface area contributed by atoms with E-state index in [1.54, 1.807) is 0 Å². The molecule has 0 heterocycles. The Hall–Kier alpha value is -0.957. The molecule has 0 N–H and O–H groups in total. The molecule has 0 aliphatic heterocycles. The molecule has 0 bridgehead atoms. The van der Waals surface area contributed by atoms with Crippen molar-refractivity contribution in [2.75, 3.05) is 0 Å². The minimum Gasteiger partial charge on any atom is -0.550 e. The Kier molecular flexibility index (Phi) is 34.9. The third kappa shape index (κ3) is 40.0. The molecule has 5 heteroatoms. The van der Waals surface area contributed by atoms with Crippen molar-refractivity contribution in [1.29, 1.82) is 0 Å². The predicted octanol–water partition coefficient (Wildman–Crippen LogP) is 5.64. The summed E-state index contributed by atoms with van der Waals surface area (Å²) >= 11 is 0. The number of allylic oxidation sites excluding steroid dienone is 4. The normalized spacial score (nSPS) is 10.6. The van der Waals surface area contributed by atoms with E-state index in [0.717, 1.165) is 25.7 Å². The number of hydrogen-bond donors (Lipinski definition) is 0. The average Bonchev–Trinajstić information content (AvgIpc) is 2.71. The van der Waals surface area contributed by atoms with E-state index < -0.39 is 11.9 Å². The van der Waals surface area contributed by atoms with Gasteiger partial charge in [0.25, 0.3) is 0 Å². The predicted molar refractivity (Wildman–Crippen MR) is 123 cm³/mol. The van der Waals surface area contributed by atoms with E-state index in [4.69, 9.17) is 0 Å². The smallest absolute Gasteiger partial charge is 0.550 e. The van der Waals surface area contributed by atoms with Gasteiger partial charge >= 0.3 is 19.5 Å². The van der Waals surface area contributed by atoms with E-state index in [1.165, 1.54) is 64.2 Å². The maximum absolute atomic E-state index is 10.1. The molecule has 0 aromatic rings. The van der Waals surface area contributed by atoms with Gasteiger partial charge < -0.3 is 19.8 Å². The van der Waals surface area contributed by atoms with Gasteiger partial charge in [-0.15, -0.1) is 0 Å². The Bertz CT molecular complexity index is 393. The molecule has 0 radical (unpaired) electrons. The van der Waals surface area contributed by atoms with E-state index in [2.05, 4.69) is 38.2 Å². The number of carbonyl (C=O) groups is 2. The third-order valence-electron chi connectivity index (χ3n) is 4.79. The first-order chi connectivity index (χ1) is 14.5. The van der Waals surface area contributed by atoms with Gasteiger partial charge in [-0.2, -0.15) is 0 Å². The molecular formula is C26H46O4Zn. The van der Waals surface area contributed by atoms with Gasteiger partial charge in [-0.1, -0.05) is 89.5 Å². The van der Waals surface area contributed by atoms with Crippen LogP contribution >= 0.6 is 0 Å². The summed E-state index contributed by atoms with van der Waals surface area (Å²) in [6, 6.07) is 0. The number of hydrogen-bond acceptors (Lipinski definition) is 4. The zero-order chi connectivity index (χ0) is 22.7. The van der Waals surface area contributed by atoms with Gasteiger partial charge in [0.2, 0.25) is 0 Å². The number of carbonyl (C=O) groups excluding carboxylic acids is 2. The Morgan fingerprint density at radius 1 is 0.516 bits per heavy atom. The zero-order valence-electron chi connectivity index (χ0n) is 20.4. The van der Waals surface area contributed by atoms with E-state index in [9.17, 15) is 19.8 Å². The fourth-order valence-electron chi connectivity index (χ4n) is 2.93. The summed E-state index contributed by atoms with van der Waals surface area (Å²) in [6.07, 6.45) is 27.4. The molecule has 0 spiro atoms. The van der Waals surface area contributed by atoms with Crippen LogP contribution in [0.25, 0.3) is 0 Å². The van der Waals surface area contributed by atoms with Gasteiger partial charge in [-0.05, 0) is 64.2 Å². The molecule has 0 aliphatic rings. The van der Waals surface area contributed by atoms with Crippen LogP contribution in [0.5, 0.6) is 0 Å². The maximum atomic E-state index is 10.1. The van der Waals surface area contributed by atoms with Gasteiger partial charge in [0.1, 0.15) is 0 Å². The number of aliphatic carboxylic acids is 2. The minimum absolute atomic E-state index is 0. The zero-order valence-corrected chi connectivity index (χ0v) is 23.3. The second-order valence-corrected chi connectivity index (χ2v) is 7.88. The summed E-state index contributed by atoms with van der Waals surface area (Å²) in [6.45, 7) is 4.44. The molecule has 0 atom stereocenters. The van der Waals surface area contributed by atoms with E-state index >= 15 is 0 Å². The Balaban J connectivity index is -0.000000490. The molecule has 0 rings (SSSR count). The Labute approximate surface area is 204 Å². The van der Waals surface area contributed by atoms with Crippen molar-refractivity contribution >= 4 is 11.9 Å². The summed E-state index contributed by atoms with van der Waals surface area (Å²) in [4.78, 5) is 20.2. The first-order valence-electron chi connectivity index (χ1n) is 12.2. The van der Waals surface area contributed by atoms with Crippen molar-refractivity contribution in [1.82, 2.24) is 0 Å². The van der Waals surface area contributed by atoms with Crippen LogP contribution in [0.4, 0.5) is 0 Å². The molecule has 0 saturated heterocycles. The Morgan fingerprint density at radius 3 is 1.10 bits per heavy atom. The van der Waals surface area contributed by atoms with Crippen molar-refractivity contribution in [3.8, 4) is 0 Å². The van der Waals surface area contributed by atoms with Crippen LogP contribution in [-0.4, -0.2) is 11.9 Å². The standard InChI is InChI=1S/2C13H24O2.Zn/c2*1-2-3-4-5-6-7-8-9-10-11-12-13(14)15;/h2*8-9H,2-7,10-12H2,1H3,(H,14,15);/q;;+2/p-2. The van der Waals surface area contributed by atoms with Crippen LogP contribution in [0.2, 0.25) is 0 Å². The molecule has 176 valence electrons. The summed E-state index contributed by atoms with van der Waals surface area (Å²) in [7, 11) is 0. The van der Waals surface area contributed by atoms with Gasteiger partial charge in [0, 0.05) is 11.9 Å². The second kappa shape index (κ2) is 31.2. The number of rotatable bonds is 20. The molecule has 0 aromatic carbocycles. The van der Waals surface area contributed by atoms with Gasteiger partial charge in [-0.3, -0.25) is 0 Å². The molecule has 0 aliphatic carbocycles. The molecule has 0 saturated carbocycles. The summed E-state index contributed by atoms with van der Waals surface area (Å²) in [5.41, 5.74) is 0. The molecule has 0 unspecified atom stereocenters. The van der Waals surface area contributed by atoms with Crippen molar-refractivity contribution in [2.24, 2.45) is 0 Å². The fraction of sp³-hybridized carbons (Fsp3) is 0.769. The first kappa shape index (κ1) is 34.7. The van der Waals surface area contributed by atoms with Crippen molar-refractivity contribution in [2.45, 2.75) is 129 Å². The van der Waals surface area contributed by atoms with E-state index in [-0.39, 0.29) is 32.3 Å². The minimum atomic E-state index is -0.942. The van der Waals surface area contributed by atoms with Crippen molar-refractivity contribution in [3.63, 3.8) is 0 Å². The molecule has 4 nitrogen and oxygen atoms in total. The quantitative estimate of drug-likeness (QED) is 0.126. The number of unbranched alkanes of at least 4 members (excludes halogenated alkanes) is 12. The molecule has 0 aromatic heterocycles. The van der Waals surface area contributed by atoms with Crippen LogP contribution < -0.4 is 10.2 Å². The van der Waals surface area contributed by atoms with Gasteiger partial charge in [-0.25, -0.2) is 0 Å². The first-order valence-corrected chi connectivity index (χ1v) is 12.2. The summed E-state index contributed by atoms with van der Waals surface area (Å²) in [5, 5.41) is 20.2. The van der Waals surface area contributed by atoms with Crippen molar-refractivity contribution in [3.05, 3.63) is 24.3 Å². The topological polar surface area (TPSA) is 80.3 Å². The van der Waals surface area contributed by atoms with Crippen LogP contribution in [0, 0.1) is 0 Å². The van der Waals surface area contributed by atoms with E-state index in [0.29, 0.717) is 12.8 Å². The van der Waals surface area contributed by atoms with Crippen LogP contribution in [0.15, 0.2) is 24.3 Å². The maximum Gasteiger partial charge on any atom is 2.00 e. The summed E-state index contributed by atoms with van der Waals surface area (Å²) in [5.74, 6) is -1.88. The van der Waals surface area contributed by atoms with Gasteiger partial charge in [0.05, 0.1) is 0 Å². The SMILES string of the molecule is CCCCCCCC=CCCCC(=O)[O-].CCCCCCCC=CCCCC(=O)[O-].[Zn+2].